The van der Waals surface area contributed by atoms with Crippen molar-refractivity contribution >= 4 is 5.91 Å². The molecule has 0 spiro atoms. The Morgan fingerprint density at radius 3 is 2.26 bits per heavy atom. The summed E-state index contributed by atoms with van der Waals surface area (Å²) < 4.78 is 0. The summed E-state index contributed by atoms with van der Waals surface area (Å²) in [5, 5.41) is 9.02. The van der Waals surface area contributed by atoms with Crippen LogP contribution < -0.4 is 0 Å². The van der Waals surface area contributed by atoms with E-state index >= 15 is 0 Å². The molecule has 1 amide bonds. The van der Waals surface area contributed by atoms with Crippen LogP contribution in [0.1, 0.15) is 36.1 Å². The van der Waals surface area contributed by atoms with Gasteiger partial charge in [0.05, 0.1) is 6.07 Å². The molecule has 102 valence electrons. The van der Waals surface area contributed by atoms with E-state index in [-0.39, 0.29) is 5.91 Å². The first-order valence-electron chi connectivity index (χ1n) is 6.42. The SMILES string of the molecule is Cc1cc(C)c(CN(C)C(=O)C(C)(C)C#N)cc1C. The van der Waals surface area contributed by atoms with Gasteiger partial charge in [0.1, 0.15) is 5.41 Å². The Bertz CT molecular complexity index is 538. The maximum atomic E-state index is 12.2. The van der Waals surface area contributed by atoms with Gasteiger partial charge in [0.15, 0.2) is 0 Å². The minimum absolute atomic E-state index is 0.146. The van der Waals surface area contributed by atoms with Gasteiger partial charge in [-0.05, 0) is 56.9 Å². The van der Waals surface area contributed by atoms with Gasteiger partial charge in [0.25, 0.3) is 0 Å². The Labute approximate surface area is 115 Å². The predicted molar refractivity (Wildman–Crippen MR) is 76.5 cm³/mol. The summed E-state index contributed by atoms with van der Waals surface area (Å²) in [7, 11) is 1.75. The number of rotatable bonds is 3. The Kier molecular flexibility index (Phi) is 4.36. The largest absolute Gasteiger partial charge is 0.340 e. The number of hydrogen-bond donors (Lipinski definition) is 0. The second-order valence-corrected chi connectivity index (χ2v) is 5.76. The van der Waals surface area contributed by atoms with Crippen LogP contribution in [0.15, 0.2) is 12.1 Å². The van der Waals surface area contributed by atoms with Gasteiger partial charge in [-0.25, -0.2) is 0 Å². The number of amides is 1. The molecule has 0 heterocycles. The molecule has 1 aromatic rings. The molecule has 1 aromatic carbocycles. The summed E-state index contributed by atoms with van der Waals surface area (Å²) in [6.07, 6.45) is 0. The molecular formula is C16H22N2O. The van der Waals surface area contributed by atoms with E-state index in [1.165, 1.54) is 16.7 Å². The van der Waals surface area contributed by atoms with Crippen LogP contribution in [0.4, 0.5) is 0 Å². The molecular weight excluding hydrogens is 236 g/mol. The molecule has 0 bridgehead atoms. The fourth-order valence-electron chi connectivity index (χ4n) is 2.04. The van der Waals surface area contributed by atoms with E-state index in [9.17, 15) is 4.79 Å². The molecule has 0 atom stereocenters. The zero-order valence-corrected chi connectivity index (χ0v) is 12.7. The topological polar surface area (TPSA) is 44.1 Å². The third-order valence-corrected chi connectivity index (χ3v) is 3.52. The first-order valence-corrected chi connectivity index (χ1v) is 6.42. The third kappa shape index (κ3) is 3.35. The first-order chi connectivity index (χ1) is 8.69. The summed E-state index contributed by atoms with van der Waals surface area (Å²) >= 11 is 0. The van der Waals surface area contributed by atoms with Gasteiger partial charge in [0, 0.05) is 13.6 Å². The molecule has 0 N–H and O–H groups in total. The normalized spacial score (nSPS) is 11.0. The van der Waals surface area contributed by atoms with Crippen LogP contribution in [-0.4, -0.2) is 17.9 Å². The van der Waals surface area contributed by atoms with Crippen molar-refractivity contribution < 1.29 is 4.79 Å². The number of benzene rings is 1. The Morgan fingerprint density at radius 1 is 1.21 bits per heavy atom. The zero-order chi connectivity index (χ0) is 14.8. The van der Waals surface area contributed by atoms with Crippen LogP contribution in [0, 0.1) is 37.5 Å². The number of carbonyl (C=O) groups excluding carboxylic acids is 1. The molecule has 0 saturated heterocycles. The summed E-state index contributed by atoms with van der Waals surface area (Å²) in [4.78, 5) is 13.8. The molecule has 0 aliphatic heterocycles. The van der Waals surface area contributed by atoms with Crippen molar-refractivity contribution in [2.24, 2.45) is 5.41 Å². The van der Waals surface area contributed by atoms with Gasteiger partial charge in [-0.3, -0.25) is 4.79 Å². The highest BCUT2D eigenvalue weighted by Crippen LogP contribution is 2.21. The molecule has 3 heteroatoms. The lowest BCUT2D eigenvalue weighted by molar-refractivity contribution is -0.136. The van der Waals surface area contributed by atoms with Crippen molar-refractivity contribution in [3.05, 3.63) is 34.4 Å². The Morgan fingerprint density at radius 2 is 1.74 bits per heavy atom. The highest BCUT2D eigenvalue weighted by atomic mass is 16.2. The van der Waals surface area contributed by atoms with Crippen LogP contribution in [0.5, 0.6) is 0 Å². The van der Waals surface area contributed by atoms with Crippen molar-refractivity contribution in [3.63, 3.8) is 0 Å². The van der Waals surface area contributed by atoms with Crippen molar-refractivity contribution in [3.8, 4) is 6.07 Å². The maximum Gasteiger partial charge on any atom is 0.242 e. The van der Waals surface area contributed by atoms with Gasteiger partial charge in [-0.15, -0.1) is 0 Å². The molecule has 0 aliphatic rings. The third-order valence-electron chi connectivity index (χ3n) is 3.52. The van der Waals surface area contributed by atoms with Gasteiger partial charge in [0.2, 0.25) is 5.91 Å². The van der Waals surface area contributed by atoms with Crippen LogP contribution in [0.2, 0.25) is 0 Å². The van der Waals surface area contributed by atoms with Crippen molar-refractivity contribution in [2.75, 3.05) is 7.05 Å². The molecule has 0 radical (unpaired) electrons. The zero-order valence-electron chi connectivity index (χ0n) is 12.7. The number of hydrogen-bond acceptors (Lipinski definition) is 2. The lowest BCUT2D eigenvalue weighted by atomic mass is 9.93. The summed E-state index contributed by atoms with van der Waals surface area (Å²) in [6, 6.07) is 6.31. The van der Waals surface area contributed by atoms with Crippen LogP contribution in [-0.2, 0) is 11.3 Å². The first kappa shape index (κ1) is 15.2. The number of carbonyl (C=O) groups is 1. The minimum Gasteiger partial charge on any atom is -0.340 e. The van der Waals surface area contributed by atoms with Gasteiger partial charge in [-0.2, -0.15) is 5.26 Å². The van der Waals surface area contributed by atoms with E-state index in [2.05, 4.69) is 39.0 Å². The number of nitrogens with zero attached hydrogens (tertiary/aromatic N) is 2. The lowest BCUT2D eigenvalue weighted by Gasteiger charge is -2.25. The van der Waals surface area contributed by atoms with Crippen molar-refractivity contribution in [1.82, 2.24) is 4.90 Å². The van der Waals surface area contributed by atoms with E-state index in [1.54, 1.807) is 25.8 Å². The van der Waals surface area contributed by atoms with Crippen molar-refractivity contribution in [2.45, 2.75) is 41.2 Å². The molecule has 19 heavy (non-hydrogen) atoms. The van der Waals surface area contributed by atoms with E-state index in [4.69, 9.17) is 5.26 Å². The van der Waals surface area contributed by atoms with Crippen LogP contribution in [0.25, 0.3) is 0 Å². The molecule has 0 saturated carbocycles. The predicted octanol–water partition coefficient (Wildman–Crippen LogP) is 3.12. The average Bonchev–Trinajstić information content (AvgIpc) is 2.34. The van der Waals surface area contributed by atoms with E-state index in [0.29, 0.717) is 6.54 Å². The average molecular weight is 258 g/mol. The van der Waals surface area contributed by atoms with E-state index in [1.807, 2.05) is 0 Å². The quantitative estimate of drug-likeness (QED) is 0.836. The van der Waals surface area contributed by atoms with Gasteiger partial charge < -0.3 is 4.90 Å². The highest BCUT2D eigenvalue weighted by Gasteiger charge is 2.30. The van der Waals surface area contributed by atoms with Crippen LogP contribution in [0.3, 0.4) is 0 Å². The lowest BCUT2D eigenvalue weighted by Crippen LogP contribution is -2.37. The molecule has 1 rings (SSSR count). The monoisotopic (exact) mass is 258 g/mol. The molecule has 0 unspecified atom stereocenters. The van der Waals surface area contributed by atoms with E-state index in [0.717, 1.165) is 5.56 Å². The second-order valence-electron chi connectivity index (χ2n) is 5.76. The summed E-state index contributed by atoms with van der Waals surface area (Å²) in [5.74, 6) is -0.146. The number of aryl methyl sites for hydroxylation is 3. The second kappa shape index (κ2) is 5.44. The fraction of sp³-hybridized carbons (Fsp3) is 0.500. The molecule has 0 aromatic heterocycles. The van der Waals surface area contributed by atoms with Gasteiger partial charge >= 0.3 is 0 Å². The minimum atomic E-state index is -0.970. The smallest absolute Gasteiger partial charge is 0.242 e. The highest BCUT2D eigenvalue weighted by molar-refractivity contribution is 5.84. The molecule has 0 aliphatic carbocycles. The Balaban J connectivity index is 2.96. The Hall–Kier alpha value is -1.82. The van der Waals surface area contributed by atoms with Crippen LogP contribution >= 0.6 is 0 Å². The molecule has 0 fully saturated rings. The summed E-state index contributed by atoms with van der Waals surface area (Å²) in [5.41, 5.74) is 3.82. The summed E-state index contributed by atoms with van der Waals surface area (Å²) in [6.45, 7) is 10.0. The maximum absolute atomic E-state index is 12.2. The van der Waals surface area contributed by atoms with Gasteiger partial charge in [-0.1, -0.05) is 12.1 Å². The standard InChI is InChI=1S/C16H22N2O/c1-11-7-13(3)14(8-12(11)2)9-18(6)15(19)16(4,5)10-17/h7-8H,9H2,1-6H3. The fourth-order valence-corrected chi connectivity index (χ4v) is 2.04. The molecule has 3 nitrogen and oxygen atoms in total. The number of nitriles is 1. The van der Waals surface area contributed by atoms with Crippen molar-refractivity contribution in [1.29, 1.82) is 5.26 Å². The van der Waals surface area contributed by atoms with E-state index < -0.39 is 5.41 Å².